The molecule has 0 amide bonds. The van der Waals surface area contributed by atoms with Crippen LogP contribution in [0, 0.1) is 11.3 Å². The van der Waals surface area contributed by atoms with Crippen LogP contribution in [0.15, 0.2) is 15.9 Å². The monoisotopic (exact) mass is 272 g/mol. The van der Waals surface area contributed by atoms with Crippen molar-refractivity contribution in [3.63, 3.8) is 0 Å². The van der Waals surface area contributed by atoms with Crippen molar-refractivity contribution in [1.29, 1.82) is 5.26 Å². The maximum Gasteiger partial charge on any atom is 0.0950 e. The second-order valence-electron chi connectivity index (χ2n) is 3.00. The van der Waals surface area contributed by atoms with E-state index in [0.717, 1.165) is 19.4 Å². The third-order valence-electron chi connectivity index (χ3n) is 1.96. The number of hydrogen-bond acceptors (Lipinski definition) is 3. The predicted octanol–water partition coefficient (Wildman–Crippen LogP) is 2.94. The Labute approximate surface area is 97.1 Å². The van der Waals surface area contributed by atoms with Gasteiger partial charge >= 0.3 is 0 Å². The van der Waals surface area contributed by atoms with Gasteiger partial charge in [-0.3, -0.25) is 0 Å². The molecule has 1 aromatic heterocycles. The molecule has 1 aromatic rings. The summed E-state index contributed by atoms with van der Waals surface area (Å²) in [5.41, 5.74) is 0. The quantitative estimate of drug-likeness (QED) is 0.895. The highest BCUT2D eigenvalue weighted by molar-refractivity contribution is 9.11. The molecule has 0 radical (unpaired) electrons. The van der Waals surface area contributed by atoms with Crippen LogP contribution in [0.2, 0.25) is 0 Å². The maximum absolute atomic E-state index is 8.71. The molecule has 0 aliphatic rings. The van der Waals surface area contributed by atoms with Crippen molar-refractivity contribution in [2.45, 2.75) is 25.8 Å². The van der Waals surface area contributed by atoms with Gasteiger partial charge in [0.25, 0.3) is 0 Å². The van der Waals surface area contributed by atoms with Crippen molar-refractivity contribution in [3.05, 3.63) is 20.8 Å². The Balaban J connectivity index is 2.25. The van der Waals surface area contributed by atoms with Gasteiger partial charge in [-0.05, 0) is 40.9 Å². The summed E-state index contributed by atoms with van der Waals surface area (Å²) < 4.78 is 1.17. The van der Waals surface area contributed by atoms with Crippen LogP contribution in [0.3, 0.4) is 0 Å². The van der Waals surface area contributed by atoms with Crippen LogP contribution in [0.25, 0.3) is 0 Å². The molecule has 0 saturated heterocycles. The Morgan fingerprint density at radius 3 is 2.93 bits per heavy atom. The van der Waals surface area contributed by atoms with Crippen LogP contribution < -0.4 is 5.32 Å². The van der Waals surface area contributed by atoms with E-state index in [0.29, 0.717) is 0 Å². The van der Waals surface area contributed by atoms with E-state index in [1.54, 1.807) is 11.3 Å². The van der Waals surface area contributed by atoms with Gasteiger partial charge in [-0.1, -0.05) is 6.92 Å². The molecule has 1 unspecified atom stereocenters. The minimum atomic E-state index is -0.00148. The van der Waals surface area contributed by atoms with Crippen molar-refractivity contribution >= 4 is 27.3 Å². The lowest BCUT2D eigenvalue weighted by Crippen LogP contribution is -2.28. The summed E-state index contributed by atoms with van der Waals surface area (Å²) >= 11 is 5.17. The lowest BCUT2D eigenvalue weighted by atomic mass is 10.2. The fraction of sp³-hybridized carbons (Fsp3) is 0.500. The molecule has 0 saturated carbocycles. The van der Waals surface area contributed by atoms with Crippen LogP contribution in [0.1, 0.15) is 18.2 Å². The van der Waals surface area contributed by atoms with Crippen LogP contribution in [-0.4, -0.2) is 12.6 Å². The minimum Gasteiger partial charge on any atom is -0.302 e. The summed E-state index contributed by atoms with van der Waals surface area (Å²) in [6, 6.07) is 6.40. The maximum atomic E-state index is 8.71. The number of thiophene rings is 1. The van der Waals surface area contributed by atoms with Gasteiger partial charge in [0.15, 0.2) is 0 Å². The summed E-state index contributed by atoms with van der Waals surface area (Å²) in [6.07, 6.45) is 1.86. The number of nitriles is 1. The third kappa shape index (κ3) is 3.79. The molecular formula is C10H13BrN2S. The topological polar surface area (TPSA) is 35.8 Å². The highest BCUT2D eigenvalue weighted by atomic mass is 79.9. The van der Waals surface area contributed by atoms with E-state index < -0.39 is 0 Å². The second-order valence-corrected chi connectivity index (χ2v) is 5.55. The van der Waals surface area contributed by atoms with Gasteiger partial charge in [0.05, 0.1) is 15.9 Å². The Kier molecular flexibility index (Phi) is 5.16. The first-order valence-electron chi connectivity index (χ1n) is 4.63. The van der Waals surface area contributed by atoms with Crippen molar-refractivity contribution < 1.29 is 0 Å². The number of hydrogen-bond donors (Lipinski definition) is 1. The summed E-state index contributed by atoms with van der Waals surface area (Å²) in [4.78, 5) is 1.34. The summed E-state index contributed by atoms with van der Waals surface area (Å²) in [5.74, 6) is 0. The number of nitrogens with zero attached hydrogens (tertiary/aromatic N) is 1. The number of rotatable bonds is 5. The molecule has 0 bridgehead atoms. The smallest absolute Gasteiger partial charge is 0.0950 e. The number of halogens is 1. The lowest BCUT2D eigenvalue weighted by molar-refractivity contribution is 0.590. The van der Waals surface area contributed by atoms with Crippen LogP contribution >= 0.6 is 27.3 Å². The zero-order chi connectivity index (χ0) is 10.4. The van der Waals surface area contributed by atoms with Crippen molar-refractivity contribution in [3.8, 4) is 6.07 Å². The van der Waals surface area contributed by atoms with Crippen LogP contribution in [-0.2, 0) is 6.42 Å². The molecule has 76 valence electrons. The van der Waals surface area contributed by atoms with Gasteiger partial charge in [0.2, 0.25) is 0 Å². The van der Waals surface area contributed by atoms with Gasteiger partial charge in [0, 0.05) is 11.4 Å². The Bertz CT molecular complexity index is 316. The Morgan fingerprint density at radius 2 is 2.43 bits per heavy atom. The normalized spacial score (nSPS) is 12.4. The van der Waals surface area contributed by atoms with E-state index in [2.05, 4.69) is 39.4 Å². The first-order chi connectivity index (χ1) is 6.76. The molecule has 4 heteroatoms. The SMILES string of the molecule is CCC(C#N)NCCc1ccc(Br)s1. The van der Waals surface area contributed by atoms with Gasteiger partial charge in [-0.25, -0.2) is 0 Å². The molecule has 0 spiro atoms. The molecule has 0 aliphatic heterocycles. The average Bonchev–Trinajstić information content (AvgIpc) is 2.59. The first-order valence-corrected chi connectivity index (χ1v) is 6.24. The molecule has 1 atom stereocenters. The van der Waals surface area contributed by atoms with E-state index in [9.17, 15) is 0 Å². The molecule has 0 aromatic carbocycles. The van der Waals surface area contributed by atoms with E-state index in [4.69, 9.17) is 5.26 Å². The molecule has 1 heterocycles. The third-order valence-corrected chi connectivity index (χ3v) is 3.64. The van der Waals surface area contributed by atoms with E-state index in [-0.39, 0.29) is 6.04 Å². The van der Waals surface area contributed by atoms with Gasteiger partial charge < -0.3 is 5.32 Å². The van der Waals surface area contributed by atoms with E-state index >= 15 is 0 Å². The molecule has 0 fully saturated rings. The van der Waals surface area contributed by atoms with Crippen molar-refractivity contribution in [2.75, 3.05) is 6.54 Å². The molecule has 2 nitrogen and oxygen atoms in total. The Hall–Kier alpha value is -0.370. The van der Waals surface area contributed by atoms with Crippen LogP contribution in [0.4, 0.5) is 0 Å². The summed E-state index contributed by atoms with van der Waals surface area (Å²) in [7, 11) is 0. The van der Waals surface area contributed by atoms with Gasteiger partial charge in [0.1, 0.15) is 0 Å². The average molecular weight is 273 g/mol. The largest absolute Gasteiger partial charge is 0.302 e. The fourth-order valence-electron chi connectivity index (χ4n) is 1.14. The highest BCUT2D eigenvalue weighted by Gasteiger charge is 2.03. The molecular weight excluding hydrogens is 260 g/mol. The van der Waals surface area contributed by atoms with Gasteiger partial charge in [-0.15, -0.1) is 11.3 Å². The summed E-state index contributed by atoms with van der Waals surface area (Å²) in [6.45, 7) is 2.89. The molecule has 0 aliphatic carbocycles. The second kappa shape index (κ2) is 6.18. The first kappa shape index (κ1) is 11.7. The lowest BCUT2D eigenvalue weighted by Gasteiger charge is -2.07. The zero-order valence-corrected chi connectivity index (χ0v) is 10.5. The van der Waals surface area contributed by atoms with E-state index in [1.807, 2.05) is 6.92 Å². The van der Waals surface area contributed by atoms with Crippen LogP contribution in [0.5, 0.6) is 0 Å². The Morgan fingerprint density at radius 1 is 1.64 bits per heavy atom. The number of nitrogens with one attached hydrogen (secondary N) is 1. The van der Waals surface area contributed by atoms with Crippen molar-refractivity contribution in [1.82, 2.24) is 5.32 Å². The molecule has 1 N–H and O–H groups in total. The predicted molar refractivity (Wildman–Crippen MR) is 63.4 cm³/mol. The van der Waals surface area contributed by atoms with E-state index in [1.165, 1.54) is 8.66 Å². The molecule has 14 heavy (non-hydrogen) atoms. The fourth-order valence-corrected chi connectivity index (χ4v) is 2.62. The minimum absolute atomic E-state index is 0.00148. The summed E-state index contributed by atoms with van der Waals surface area (Å²) in [5, 5.41) is 11.9. The molecule has 1 rings (SSSR count). The highest BCUT2D eigenvalue weighted by Crippen LogP contribution is 2.22. The zero-order valence-electron chi connectivity index (χ0n) is 8.09. The van der Waals surface area contributed by atoms with Gasteiger partial charge in [-0.2, -0.15) is 5.26 Å². The van der Waals surface area contributed by atoms with Crippen molar-refractivity contribution in [2.24, 2.45) is 0 Å². The standard InChI is InChI=1S/C10H13BrN2S/c1-2-8(7-12)13-6-5-9-3-4-10(11)14-9/h3-4,8,13H,2,5-6H2,1H3.